The topological polar surface area (TPSA) is 64.6 Å². The lowest BCUT2D eigenvalue weighted by Gasteiger charge is -2.18. The maximum absolute atomic E-state index is 12.5. The summed E-state index contributed by atoms with van der Waals surface area (Å²) in [6.45, 7) is 1.74. The molecule has 2 aromatic carbocycles. The lowest BCUT2D eigenvalue weighted by atomic mass is 10.1. The summed E-state index contributed by atoms with van der Waals surface area (Å²) in [5.41, 5.74) is 1.23. The number of methoxy groups -OCH3 is 2. The fraction of sp³-hybridized carbons (Fsp3) is 0.294. The molecule has 2 rings (SSSR count). The van der Waals surface area contributed by atoms with E-state index in [1.165, 1.54) is 7.11 Å². The van der Waals surface area contributed by atoms with Crippen molar-refractivity contribution in [3.05, 3.63) is 57.6 Å². The van der Waals surface area contributed by atoms with E-state index in [0.717, 1.165) is 0 Å². The van der Waals surface area contributed by atoms with Crippen molar-refractivity contribution in [3.63, 3.8) is 0 Å². The quantitative estimate of drug-likeness (QED) is 0.752. The molecule has 1 N–H and O–H groups in total. The Hall–Kier alpha value is -1.47. The Kier molecular flexibility index (Phi) is 6.57. The summed E-state index contributed by atoms with van der Waals surface area (Å²) < 4.78 is 38.1. The van der Waals surface area contributed by atoms with Crippen molar-refractivity contribution in [2.45, 2.75) is 18.7 Å². The molecule has 0 heterocycles. The van der Waals surface area contributed by atoms with Crippen LogP contribution in [0.1, 0.15) is 24.1 Å². The molecule has 0 saturated heterocycles. The van der Waals surface area contributed by atoms with Gasteiger partial charge in [0.2, 0.25) is 10.0 Å². The van der Waals surface area contributed by atoms with Gasteiger partial charge in [0, 0.05) is 11.6 Å². The Balaban J connectivity index is 2.20. The molecular weight excluding hydrogens is 385 g/mol. The van der Waals surface area contributed by atoms with E-state index in [9.17, 15) is 8.42 Å². The Morgan fingerprint density at radius 1 is 1.04 bits per heavy atom. The molecule has 25 heavy (non-hydrogen) atoms. The van der Waals surface area contributed by atoms with Crippen molar-refractivity contribution in [1.82, 2.24) is 4.72 Å². The molecule has 0 fully saturated rings. The van der Waals surface area contributed by atoms with Gasteiger partial charge in [-0.2, -0.15) is 0 Å². The molecule has 5 nitrogen and oxygen atoms in total. The van der Waals surface area contributed by atoms with Gasteiger partial charge in [-0.25, -0.2) is 13.1 Å². The van der Waals surface area contributed by atoms with Crippen LogP contribution in [-0.4, -0.2) is 22.6 Å². The van der Waals surface area contributed by atoms with E-state index in [2.05, 4.69) is 4.72 Å². The first-order valence-corrected chi connectivity index (χ1v) is 9.82. The predicted octanol–water partition coefficient (Wildman–Crippen LogP) is 4.19. The van der Waals surface area contributed by atoms with E-state index in [1.54, 1.807) is 50.4 Å². The third kappa shape index (κ3) is 5.25. The van der Waals surface area contributed by atoms with Gasteiger partial charge in [-0.3, -0.25) is 0 Å². The molecule has 0 aliphatic carbocycles. The second-order valence-corrected chi connectivity index (χ2v) is 8.02. The summed E-state index contributed by atoms with van der Waals surface area (Å²) in [6, 6.07) is 9.47. The SMILES string of the molecule is COc1ccc(OC)c([C@@H](C)NS(=O)(=O)Cc2ccc(Cl)c(Cl)c2)c1. The Morgan fingerprint density at radius 3 is 2.36 bits per heavy atom. The Bertz CT molecular complexity index is 856. The average molecular weight is 404 g/mol. The highest BCUT2D eigenvalue weighted by atomic mass is 35.5. The van der Waals surface area contributed by atoms with Crippen molar-refractivity contribution in [3.8, 4) is 11.5 Å². The molecule has 0 unspecified atom stereocenters. The molecule has 0 bridgehead atoms. The van der Waals surface area contributed by atoms with Crippen molar-refractivity contribution in [2.75, 3.05) is 14.2 Å². The monoisotopic (exact) mass is 403 g/mol. The fourth-order valence-electron chi connectivity index (χ4n) is 2.40. The molecule has 0 aliphatic heterocycles. The summed E-state index contributed by atoms with van der Waals surface area (Å²) in [6.07, 6.45) is 0. The second-order valence-electron chi connectivity index (χ2n) is 5.45. The van der Waals surface area contributed by atoms with Crippen molar-refractivity contribution >= 4 is 33.2 Å². The van der Waals surface area contributed by atoms with E-state index in [-0.39, 0.29) is 5.75 Å². The van der Waals surface area contributed by atoms with Gasteiger partial charge in [-0.15, -0.1) is 0 Å². The first-order valence-electron chi connectivity index (χ1n) is 7.41. The van der Waals surface area contributed by atoms with Crippen LogP contribution in [0.4, 0.5) is 0 Å². The summed E-state index contributed by atoms with van der Waals surface area (Å²) in [4.78, 5) is 0. The zero-order chi connectivity index (χ0) is 18.6. The first kappa shape index (κ1) is 19.8. The molecule has 0 amide bonds. The molecule has 0 aromatic heterocycles. The van der Waals surface area contributed by atoms with Crippen LogP contribution in [0.2, 0.25) is 10.0 Å². The van der Waals surface area contributed by atoms with Crippen LogP contribution >= 0.6 is 23.2 Å². The first-order chi connectivity index (χ1) is 11.8. The van der Waals surface area contributed by atoms with Gasteiger partial charge in [0.05, 0.1) is 30.0 Å². The highest BCUT2D eigenvalue weighted by molar-refractivity contribution is 7.88. The maximum atomic E-state index is 12.5. The standard InChI is InChI=1S/C17H19Cl2NO4S/c1-11(14-9-13(23-2)5-7-17(14)24-3)20-25(21,22)10-12-4-6-15(18)16(19)8-12/h4-9,11,20H,10H2,1-3H3/t11-/m1/s1. The molecule has 136 valence electrons. The van der Waals surface area contributed by atoms with E-state index < -0.39 is 16.1 Å². The molecule has 0 aliphatic rings. The number of rotatable bonds is 7. The average Bonchev–Trinajstić information content (AvgIpc) is 2.56. The van der Waals surface area contributed by atoms with Gasteiger partial charge < -0.3 is 9.47 Å². The smallest absolute Gasteiger partial charge is 0.216 e. The molecule has 8 heteroatoms. The molecule has 1 atom stereocenters. The van der Waals surface area contributed by atoms with E-state index >= 15 is 0 Å². The largest absolute Gasteiger partial charge is 0.497 e. The number of hydrogen-bond donors (Lipinski definition) is 1. The molecule has 0 spiro atoms. The zero-order valence-corrected chi connectivity index (χ0v) is 16.4. The fourth-order valence-corrected chi connectivity index (χ4v) is 4.09. The minimum Gasteiger partial charge on any atom is -0.497 e. The van der Waals surface area contributed by atoms with Gasteiger partial charge >= 0.3 is 0 Å². The van der Waals surface area contributed by atoms with Crippen molar-refractivity contribution < 1.29 is 17.9 Å². The van der Waals surface area contributed by atoms with E-state index in [0.29, 0.717) is 32.7 Å². The van der Waals surface area contributed by atoms with Crippen LogP contribution in [0.15, 0.2) is 36.4 Å². The highest BCUT2D eigenvalue weighted by Crippen LogP contribution is 2.30. The molecule has 0 saturated carbocycles. The van der Waals surface area contributed by atoms with E-state index in [1.807, 2.05) is 0 Å². The minimum absolute atomic E-state index is 0.208. The summed E-state index contributed by atoms with van der Waals surface area (Å²) >= 11 is 11.8. The second kappa shape index (κ2) is 8.27. The summed E-state index contributed by atoms with van der Waals surface area (Å²) in [5.74, 6) is 0.984. The Labute approximate surface area is 157 Å². The van der Waals surface area contributed by atoms with Gasteiger partial charge in [-0.1, -0.05) is 29.3 Å². The summed E-state index contributed by atoms with van der Waals surface area (Å²) in [7, 11) is -0.528. The van der Waals surface area contributed by atoms with Crippen LogP contribution in [0.25, 0.3) is 0 Å². The predicted molar refractivity (Wildman–Crippen MR) is 100 cm³/mol. The molecule has 2 aromatic rings. The number of benzene rings is 2. The van der Waals surface area contributed by atoms with Crippen LogP contribution in [0.5, 0.6) is 11.5 Å². The number of halogens is 2. The van der Waals surface area contributed by atoms with Crippen LogP contribution in [0, 0.1) is 0 Å². The highest BCUT2D eigenvalue weighted by Gasteiger charge is 2.20. The number of sulfonamides is 1. The van der Waals surface area contributed by atoms with Crippen LogP contribution in [-0.2, 0) is 15.8 Å². The summed E-state index contributed by atoms with van der Waals surface area (Å²) in [5, 5.41) is 0.696. The van der Waals surface area contributed by atoms with Crippen LogP contribution < -0.4 is 14.2 Å². The lowest BCUT2D eigenvalue weighted by Crippen LogP contribution is -2.28. The zero-order valence-electron chi connectivity index (χ0n) is 14.0. The number of hydrogen-bond acceptors (Lipinski definition) is 4. The van der Waals surface area contributed by atoms with Crippen molar-refractivity contribution in [2.24, 2.45) is 0 Å². The van der Waals surface area contributed by atoms with E-state index in [4.69, 9.17) is 32.7 Å². The van der Waals surface area contributed by atoms with Crippen molar-refractivity contribution in [1.29, 1.82) is 0 Å². The van der Waals surface area contributed by atoms with Gasteiger partial charge in [-0.05, 0) is 42.8 Å². The molecular formula is C17H19Cl2NO4S. The number of nitrogens with one attached hydrogen (secondary N) is 1. The molecule has 0 radical (unpaired) electrons. The number of ether oxygens (including phenoxy) is 2. The van der Waals surface area contributed by atoms with Gasteiger partial charge in [0.15, 0.2) is 0 Å². The van der Waals surface area contributed by atoms with Crippen LogP contribution in [0.3, 0.4) is 0 Å². The van der Waals surface area contributed by atoms with Gasteiger partial charge in [0.1, 0.15) is 11.5 Å². The maximum Gasteiger partial charge on any atom is 0.216 e. The lowest BCUT2D eigenvalue weighted by molar-refractivity contribution is 0.395. The third-order valence-corrected chi connectivity index (χ3v) is 5.77. The third-order valence-electron chi connectivity index (χ3n) is 3.60. The Morgan fingerprint density at radius 2 is 1.76 bits per heavy atom. The van der Waals surface area contributed by atoms with Gasteiger partial charge in [0.25, 0.3) is 0 Å². The minimum atomic E-state index is -3.60. The normalized spacial score (nSPS) is 12.7.